The maximum atomic E-state index is 12.8. The van der Waals surface area contributed by atoms with Gasteiger partial charge in [0.25, 0.3) is 0 Å². The summed E-state index contributed by atoms with van der Waals surface area (Å²) in [7, 11) is 0. The lowest BCUT2D eigenvalue weighted by molar-refractivity contribution is -0.0272. The standard InChI is InChI=1S/C23H34N4O2/c1-7-17-15-27(22(28)29-23(4,5)6)18(8-2)14-26(17)16(3)21-13-24-19-11-9-10-12-20(19)25-21/h9-13,16-18H,7-8,14-15H2,1-6H3/t16?,17-,18+/m1/s1. The average molecular weight is 399 g/mol. The van der Waals surface area contributed by atoms with E-state index in [0.29, 0.717) is 6.54 Å². The molecule has 1 aliphatic heterocycles. The van der Waals surface area contributed by atoms with Gasteiger partial charge in [0.05, 0.1) is 29.0 Å². The van der Waals surface area contributed by atoms with E-state index in [2.05, 4.69) is 30.7 Å². The van der Waals surface area contributed by atoms with Crippen LogP contribution in [0.2, 0.25) is 0 Å². The van der Waals surface area contributed by atoms with Gasteiger partial charge in [-0.25, -0.2) is 9.78 Å². The Morgan fingerprint density at radius 1 is 1.14 bits per heavy atom. The molecular formula is C23H34N4O2. The molecule has 0 N–H and O–H groups in total. The highest BCUT2D eigenvalue weighted by atomic mass is 16.6. The number of carbonyl (C=O) groups excluding carboxylic acids is 1. The predicted molar refractivity (Wildman–Crippen MR) is 116 cm³/mol. The minimum atomic E-state index is -0.484. The third-order valence-electron chi connectivity index (χ3n) is 5.70. The van der Waals surface area contributed by atoms with Gasteiger partial charge in [-0.1, -0.05) is 26.0 Å². The molecule has 2 heterocycles. The number of piperazine rings is 1. The van der Waals surface area contributed by atoms with Crippen LogP contribution in [0.15, 0.2) is 30.5 Å². The second kappa shape index (κ2) is 8.66. The van der Waals surface area contributed by atoms with Gasteiger partial charge in [-0.3, -0.25) is 9.88 Å². The zero-order valence-electron chi connectivity index (χ0n) is 18.6. The van der Waals surface area contributed by atoms with Crippen molar-refractivity contribution in [3.63, 3.8) is 0 Å². The first-order valence-electron chi connectivity index (χ1n) is 10.7. The van der Waals surface area contributed by atoms with Gasteiger partial charge in [0, 0.05) is 25.2 Å². The van der Waals surface area contributed by atoms with Crippen molar-refractivity contribution in [3.8, 4) is 0 Å². The zero-order valence-corrected chi connectivity index (χ0v) is 18.6. The van der Waals surface area contributed by atoms with E-state index in [0.717, 1.165) is 36.1 Å². The molecule has 6 nitrogen and oxygen atoms in total. The summed E-state index contributed by atoms with van der Waals surface area (Å²) in [6.45, 7) is 13.7. The van der Waals surface area contributed by atoms with Crippen LogP contribution >= 0.6 is 0 Å². The molecule has 3 rings (SSSR count). The summed E-state index contributed by atoms with van der Waals surface area (Å²) in [5, 5.41) is 0. The third kappa shape index (κ3) is 4.86. The van der Waals surface area contributed by atoms with Crippen molar-refractivity contribution in [2.75, 3.05) is 13.1 Å². The smallest absolute Gasteiger partial charge is 0.410 e. The Kier molecular flexibility index (Phi) is 6.42. The van der Waals surface area contributed by atoms with E-state index in [1.807, 2.05) is 56.1 Å². The van der Waals surface area contributed by atoms with Crippen molar-refractivity contribution in [1.82, 2.24) is 19.8 Å². The summed E-state index contributed by atoms with van der Waals surface area (Å²) in [4.78, 5) is 26.7. The van der Waals surface area contributed by atoms with Gasteiger partial charge < -0.3 is 9.64 Å². The highest BCUT2D eigenvalue weighted by Crippen LogP contribution is 2.30. The van der Waals surface area contributed by atoms with Gasteiger partial charge >= 0.3 is 6.09 Å². The Hall–Kier alpha value is -2.21. The maximum absolute atomic E-state index is 12.8. The first kappa shape index (κ1) is 21.5. The quantitative estimate of drug-likeness (QED) is 0.740. The third-order valence-corrected chi connectivity index (χ3v) is 5.70. The fourth-order valence-electron chi connectivity index (χ4n) is 4.05. The average Bonchev–Trinajstić information content (AvgIpc) is 2.70. The molecule has 1 aliphatic rings. The van der Waals surface area contributed by atoms with Gasteiger partial charge in [0.15, 0.2) is 0 Å². The largest absolute Gasteiger partial charge is 0.444 e. The van der Waals surface area contributed by atoms with Gasteiger partial charge in [-0.15, -0.1) is 0 Å². The van der Waals surface area contributed by atoms with Gasteiger partial charge in [-0.05, 0) is 52.7 Å². The van der Waals surface area contributed by atoms with Crippen LogP contribution in [-0.2, 0) is 4.74 Å². The first-order chi connectivity index (χ1) is 13.7. The van der Waals surface area contributed by atoms with Crippen LogP contribution in [0, 0.1) is 0 Å². The molecule has 6 heteroatoms. The van der Waals surface area contributed by atoms with E-state index in [1.165, 1.54) is 0 Å². The number of hydrogen-bond acceptors (Lipinski definition) is 5. The number of benzene rings is 1. The van der Waals surface area contributed by atoms with Crippen LogP contribution in [-0.4, -0.2) is 56.6 Å². The Balaban J connectivity index is 1.82. The van der Waals surface area contributed by atoms with Crippen LogP contribution in [0.5, 0.6) is 0 Å². The molecule has 0 saturated carbocycles. The van der Waals surface area contributed by atoms with Crippen molar-refractivity contribution in [2.24, 2.45) is 0 Å². The molecule has 2 aromatic rings. The minimum absolute atomic E-state index is 0.128. The number of fused-ring (bicyclic) bond motifs is 1. The van der Waals surface area contributed by atoms with Crippen molar-refractivity contribution < 1.29 is 9.53 Å². The summed E-state index contributed by atoms with van der Waals surface area (Å²) < 4.78 is 5.68. The summed E-state index contributed by atoms with van der Waals surface area (Å²) in [6.07, 6.45) is 3.53. The molecule has 1 fully saturated rings. The Bertz CT molecular complexity index is 848. The number of aromatic nitrogens is 2. The topological polar surface area (TPSA) is 58.6 Å². The van der Waals surface area contributed by atoms with Crippen molar-refractivity contribution in [2.45, 2.75) is 78.1 Å². The number of hydrogen-bond donors (Lipinski definition) is 0. The fraction of sp³-hybridized carbons (Fsp3) is 0.609. The Labute approximate surface area is 174 Å². The summed E-state index contributed by atoms with van der Waals surface area (Å²) >= 11 is 0. The SMILES string of the molecule is CC[C@H]1CN(C(C)c2cnc3ccccc3n2)[C@H](CC)CN1C(=O)OC(C)(C)C. The zero-order chi connectivity index (χ0) is 21.2. The van der Waals surface area contributed by atoms with Crippen LogP contribution in [0.25, 0.3) is 11.0 Å². The molecule has 0 radical (unpaired) electrons. The van der Waals surface area contributed by atoms with Crippen LogP contribution < -0.4 is 0 Å². The van der Waals surface area contributed by atoms with Crippen molar-refractivity contribution >= 4 is 17.1 Å². The second-order valence-corrected chi connectivity index (χ2v) is 8.91. The molecule has 1 aromatic carbocycles. The number of rotatable bonds is 4. The van der Waals surface area contributed by atoms with Crippen molar-refractivity contribution in [1.29, 1.82) is 0 Å². The lowest BCUT2D eigenvalue weighted by atomic mass is 9.99. The molecule has 0 bridgehead atoms. The predicted octanol–water partition coefficient (Wildman–Crippen LogP) is 4.80. The van der Waals surface area contributed by atoms with E-state index >= 15 is 0 Å². The second-order valence-electron chi connectivity index (χ2n) is 8.91. The lowest BCUT2D eigenvalue weighted by Crippen LogP contribution is -2.60. The lowest BCUT2D eigenvalue weighted by Gasteiger charge is -2.48. The number of para-hydroxylation sites is 2. The molecule has 1 unspecified atom stereocenters. The summed E-state index contributed by atoms with van der Waals surface area (Å²) in [6, 6.07) is 8.48. The van der Waals surface area contributed by atoms with Gasteiger partial charge in [-0.2, -0.15) is 0 Å². The normalized spacial score (nSPS) is 21.9. The van der Waals surface area contributed by atoms with E-state index < -0.39 is 5.60 Å². The van der Waals surface area contributed by atoms with E-state index in [-0.39, 0.29) is 24.2 Å². The van der Waals surface area contributed by atoms with Crippen molar-refractivity contribution in [3.05, 3.63) is 36.2 Å². The van der Waals surface area contributed by atoms with E-state index in [9.17, 15) is 4.79 Å². The van der Waals surface area contributed by atoms with Crippen LogP contribution in [0.3, 0.4) is 0 Å². The highest BCUT2D eigenvalue weighted by Gasteiger charge is 2.39. The molecule has 0 spiro atoms. The molecular weight excluding hydrogens is 364 g/mol. The number of nitrogens with zero attached hydrogens (tertiary/aromatic N) is 4. The Morgan fingerprint density at radius 2 is 1.79 bits per heavy atom. The number of amides is 1. The van der Waals surface area contributed by atoms with Crippen LogP contribution in [0.4, 0.5) is 4.79 Å². The highest BCUT2D eigenvalue weighted by molar-refractivity contribution is 5.73. The maximum Gasteiger partial charge on any atom is 0.410 e. The van der Waals surface area contributed by atoms with Gasteiger partial charge in [0.2, 0.25) is 0 Å². The molecule has 1 saturated heterocycles. The van der Waals surface area contributed by atoms with E-state index in [1.54, 1.807) is 0 Å². The summed E-state index contributed by atoms with van der Waals surface area (Å²) in [5.74, 6) is 0. The molecule has 29 heavy (non-hydrogen) atoms. The molecule has 1 aromatic heterocycles. The molecule has 0 aliphatic carbocycles. The molecule has 158 valence electrons. The molecule has 1 amide bonds. The molecule has 3 atom stereocenters. The van der Waals surface area contributed by atoms with E-state index in [4.69, 9.17) is 9.72 Å². The summed E-state index contributed by atoms with van der Waals surface area (Å²) in [5.41, 5.74) is 2.33. The monoisotopic (exact) mass is 398 g/mol. The first-order valence-corrected chi connectivity index (χ1v) is 10.7. The Morgan fingerprint density at radius 3 is 2.41 bits per heavy atom. The van der Waals surface area contributed by atoms with Crippen LogP contribution in [0.1, 0.15) is 66.1 Å². The number of carbonyl (C=O) groups is 1. The number of ether oxygens (including phenoxy) is 1. The minimum Gasteiger partial charge on any atom is -0.444 e. The van der Waals surface area contributed by atoms with Gasteiger partial charge in [0.1, 0.15) is 5.60 Å². The fourth-order valence-corrected chi connectivity index (χ4v) is 4.05.